The molecule has 0 aliphatic carbocycles. The van der Waals surface area contributed by atoms with Gasteiger partial charge in [-0.25, -0.2) is 4.79 Å². The third kappa shape index (κ3) is 5.96. The van der Waals surface area contributed by atoms with Crippen LogP contribution in [-0.4, -0.2) is 37.5 Å². The fraction of sp³-hybridized carbons (Fsp3) is 0.316. The van der Waals surface area contributed by atoms with Gasteiger partial charge in [-0.1, -0.05) is 0 Å². The topological polar surface area (TPSA) is 91.3 Å². The average Bonchev–Trinajstić information content (AvgIpc) is 2.68. The number of carbonyl (C=O) groups is 1. The van der Waals surface area contributed by atoms with E-state index >= 15 is 0 Å². The molecule has 144 valence electrons. The van der Waals surface area contributed by atoms with Crippen LogP contribution in [0.5, 0.6) is 17.2 Å². The first-order valence-corrected chi connectivity index (χ1v) is 8.34. The van der Waals surface area contributed by atoms with Crippen molar-refractivity contribution in [3.05, 3.63) is 42.2 Å². The maximum atomic E-state index is 11.6. The predicted octanol–water partition coefficient (Wildman–Crippen LogP) is 3.38. The van der Waals surface area contributed by atoms with Crippen molar-refractivity contribution in [2.75, 3.05) is 26.3 Å². The lowest BCUT2D eigenvalue weighted by Crippen LogP contribution is -2.15. The van der Waals surface area contributed by atoms with E-state index in [0.717, 1.165) is 5.69 Å². The minimum Gasteiger partial charge on any atom is -0.494 e. The van der Waals surface area contributed by atoms with Gasteiger partial charge in [0, 0.05) is 13.2 Å². The minimum absolute atomic E-state index is 0.210. The Labute approximate surface area is 158 Å². The lowest BCUT2D eigenvalue weighted by Gasteiger charge is -2.11. The fourth-order valence-corrected chi connectivity index (χ4v) is 2.09. The molecule has 0 bridgehead atoms. The van der Waals surface area contributed by atoms with E-state index < -0.39 is 5.97 Å². The number of ether oxygens (including phenoxy) is 4. The van der Waals surface area contributed by atoms with E-state index in [1.165, 1.54) is 7.11 Å². The standard InChI is InChI=1S/C19H23N3O5/c1-5-26-19(23)13(2)21-22-17-9-8-15(10-18(17)25-4)27-16-7-6-14(12-24-3)20-11-16/h6-11,22H,5,12H2,1-4H3/b21-13-. The number of hydrogen-bond donors (Lipinski definition) is 1. The lowest BCUT2D eigenvalue weighted by atomic mass is 10.2. The van der Waals surface area contributed by atoms with Gasteiger partial charge in [0.05, 0.1) is 37.9 Å². The predicted molar refractivity (Wildman–Crippen MR) is 101 cm³/mol. The molecule has 2 rings (SSSR count). The highest BCUT2D eigenvalue weighted by Gasteiger charge is 2.09. The Hall–Kier alpha value is -3.13. The third-order valence-corrected chi connectivity index (χ3v) is 3.41. The molecule has 27 heavy (non-hydrogen) atoms. The van der Waals surface area contributed by atoms with E-state index in [0.29, 0.717) is 36.1 Å². The van der Waals surface area contributed by atoms with Crippen LogP contribution in [0.4, 0.5) is 5.69 Å². The van der Waals surface area contributed by atoms with E-state index in [2.05, 4.69) is 15.5 Å². The molecule has 0 radical (unpaired) electrons. The molecule has 8 nitrogen and oxygen atoms in total. The Balaban J connectivity index is 2.08. The summed E-state index contributed by atoms with van der Waals surface area (Å²) in [6, 6.07) is 8.85. The van der Waals surface area contributed by atoms with Crippen molar-refractivity contribution in [3.63, 3.8) is 0 Å². The Kier molecular flexibility index (Phi) is 7.57. The van der Waals surface area contributed by atoms with Crippen LogP contribution in [0.3, 0.4) is 0 Å². The number of benzene rings is 1. The molecule has 0 unspecified atom stereocenters. The molecule has 0 saturated carbocycles. The number of pyridine rings is 1. The lowest BCUT2D eigenvalue weighted by molar-refractivity contribution is -0.135. The summed E-state index contributed by atoms with van der Waals surface area (Å²) < 4.78 is 21.1. The smallest absolute Gasteiger partial charge is 0.354 e. The summed E-state index contributed by atoms with van der Waals surface area (Å²) >= 11 is 0. The summed E-state index contributed by atoms with van der Waals surface area (Å²) in [5.74, 6) is 1.20. The molecular formula is C19H23N3O5. The summed E-state index contributed by atoms with van der Waals surface area (Å²) in [6.07, 6.45) is 1.62. The highest BCUT2D eigenvalue weighted by Crippen LogP contribution is 2.31. The van der Waals surface area contributed by atoms with Crippen molar-refractivity contribution in [3.8, 4) is 17.2 Å². The number of nitrogens with one attached hydrogen (secondary N) is 1. The first-order valence-electron chi connectivity index (χ1n) is 8.34. The van der Waals surface area contributed by atoms with Crippen LogP contribution in [0.25, 0.3) is 0 Å². The van der Waals surface area contributed by atoms with Gasteiger partial charge >= 0.3 is 5.97 Å². The SMILES string of the molecule is CCOC(=O)/C(C)=N\Nc1ccc(Oc2ccc(COC)nc2)cc1OC. The number of aromatic nitrogens is 1. The second-order valence-corrected chi connectivity index (χ2v) is 5.41. The van der Waals surface area contributed by atoms with Gasteiger partial charge in [-0.05, 0) is 38.1 Å². The number of esters is 1. The molecule has 8 heteroatoms. The van der Waals surface area contributed by atoms with Crippen molar-refractivity contribution >= 4 is 17.4 Å². The van der Waals surface area contributed by atoms with Gasteiger partial charge in [-0.3, -0.25) is 10.4 Å². The highest BCUT2D eigenvalue weighted by atomic mass is 16.5. The van der Waals surface area contributed by atoms with Crippen molar-refractivity contribution in [1.82, 2.24) is 4.98 Å². The van der Waals surface area contributed by atoms with Gasteiger partial charge in [-0.15, -0.1) is 0 Å². The number of hydrazone groups is 1. The van der Waals surface area contributed by atoms with Gasteiger partial charge < -0.3 is 18.9 Å². The molecule has 0 saturated heterocycles. The van der Waals surface area contributed by atoms with Crippen molar-refractivity contribution in [2.24, 2.45) is 5.10 Å². The first kappa shape index (κ1) is 20.2. The van der Waals surface area contributed by atoms with Crippen LogP contribution in [0.15, 0.2) is 41.6 Å². The average molecular weight is 373 g/mol. The molecule has 0 aliphatic rings. The fourth-order valence-electron chi connectivity index (χ4n) is 2.09. The van der Waals surface area contributed by atoms with Crippen LogP contribution in [0.2, 0.25) is 0 Å². The Bertz CT molecular complexity index is 790. The van der Waals surface area contributed by atoms with Crippen LogP contribution < -0.4 is 14.9 Å². The number of methoxy groups -OCH3 is 2. The summed E-state index contributed by atoms with van der Waals surface area (Å²) in [4.78, 5) is 15.8. The quantitative estimate of drug-likeness (QED) is 0.409. The number of anilines is 1. The van der Waals surface area contributed by atoms with E-state index in [1.54, 1.807) is 45.4 Å². The molecule has 0 atom stereocenters. The van der Waals surface area contributed by atoms with Gasteiger partial charge in [0.1, 0.15) is 23.0 Å². The molecule has 0 amide bonds. The summed E-state index contributed by atoms with van der Waals surface area (Å²) in [5.41, 5.74) is 4.41. The van der Waals surface area contributed by atoms with E-state index in [1.807, 2.05) is 12.1 Å². The highest BCUT2D eigenvalue weighted by molar-refractivity contribution is 6.35. The molecular weight excluding hydrogens is 350 g/mol. The number of nitrogens with zero attached hydrogens (tertiary/aromatic N) is 2. The van der Waals surface area contributed by atoms with Crippen LogP contribution in [0, 0.1) is 0 Å². The Morgan fingerprint density at radius 3 is 2.59 bits per heavy atom. The van der Waals surface area contributed by atoms with Gasteiger partial charge in [0.25, 0.3) is 0 Å². The monoisotopic (exact) mass is 373 g/mol. The zero-order chi connectivity index (χ0) is 19.6. The molecule has 0 fully saturated rings. The normalized spacial score (nSPS) is 11.0. The van der Waals surface area contributed by atoms with Crippen molar-refractivity contribution in [1.29, 1.82) is 0 Å². The maximum absolute atomic E-state index is 11.6. The molecule has 2 aromatic rings. The first-order chi connectivity index (χ1) is 13.1. The van der Waals surface area contributed by atoms with Crippen molar-refractivity contribution < 1.29 is 23.7 Å². The summed E-state index contributed by atoms with van der Waals surface area (Å²) in [7, 11) is 3.15. The van der Waals surface area contributed by atoms with Gasteiger partial charge in [0.15, 0.2) is 0 Å². The third-order valence-electron chi connectivity index (χ3n) is 3.41. The minimum atomic E-state index is -0.478. The summed E-state index contributed by atoms with van der Waals surface area (Å²) in [5, 5.41) is 4.01. The second-order valence-electron chi connectivity index (χ2n) is 5.41. The Morgan fingerprint density at radius 1 is 1.19 bits per heavy atom. The zero-order valence-corrected chi connectivity index (χ0v) is 15.8. The number of rotatable bonds is 9. The largest absolute Gasteiger partial charge is 0.494 e. The second kappa shape index (κ2) is 10.1. The molecule has 1 N–H and O–H groups in total. The van der Waals surface area contributed by atoms with Crippen LogP contribution in [0.1, 0.15) is 19.5 Å². The zero-order valence-electron chi connectivity index (χ0n) is 15.8. The van der Waals surface area contributed by atoms with E-state index in [-0.39, 0.29) is 5.71 Å². The number of hydrogen-bond acceptors (Lipinski definition) is 8. The maximum Gasteiger partial charge on any atom is 0.354 e. The Morgan fingerprint density at radius 2 is 1.96 bits per heavy atom. The molecule has 0 aliphatic heterocycles. The molecule has 1 aromatic heterocycles. The van der Waals surface area contributed by atoms with E-state index in [9.17, 15) is 4.79 Å². The van der Waals surface area contributed by atoms with E-state index in [4.69, 9.17) is 18.9 Å². The van der Waals surface area contributed by atoms with Crippen LogP contribution in [-0.2, 0) is 20.9 Å². The molecule has 1 heterocycles. The summed E-state index contributed by atoms with van der Waals surface area (Å²) in [6.45, 7) is 4.04. The van der Waals surface area contributed by atoms with Gasteiger partial charge in [-0.2, -0.15) is 5.10 Å². The molecule has 0 spiro atoms. The van der Waals surface area contributed by atoms with Crippen molar-refractivity contribution in [2.45, 2.75) is 20.5 Å². The van der Waals surface area contributed by atoms with Gasteiger partial charge in [0.2, 0.25) is 0 Å². The molecule has 1 aromatic carbocycles. The van der Waals surface area contributed by atoms with Crippen LogP contribution >= 0.6 is 0 Å². The number of carbonyl (C=O) groups excluding carboxylic acids is 1.